The van der Waals surface area contributed by atoms with Crippen LogP contribution < -0.4 is 4.98 Å². The van der Waals surface area contributed by atoms with E-state index in [-0.39, 0.29) is 5.91 Å². The maximum absolute atomic E-state index is 9.94. The van der Waals surface area contributed by atoms with Gasteiger partial charge in [-0.1, -0.05) is 0 Å². The lowest BCUT2D eigenvalue weighted by atomic mass is 10.8. The molecule has 0 aromatic carbocycles. The summed E-state index contributed by atoms with van der Waals surface area (Å²) in [7, 11) is -0.421. The number of amides is 1. The second-order valence-corrected chi connectivity index (χ2v) is 3.17. The van der Waals surface area contributed by atoms with Crippen LogP contribution in [-0.2, 0) is 4.79 Å². The van der Waals surface area contributed by atoms with Crippen molar-refractivity contribution < 1.29 is 4.79 Å². The van der Waals surface area contributed by atoms with Crippen LogP contribution in [0.4, 0.5) is 0 Å². The summed E-state index contributed by atoms with van der Waals surface area (Å²) >= 11 is 3.16. The molecule has 0 aliphatic heterocycles. The molecule has 2 nitrogen and oxygen atoms in total. The predicted octanol–water partition coefficient (Wildman–Crippen LogP) is -0.484. The number of nitrogens with one attached hydrogen (secondary N) is 1. The average Bonchev–Trinajstić information content (AvgIpc) is 1.35. The van der Waals surface area contributed by atoms with Gasteiger partial charge in [0, 0.05) is 6.92 Å². The van der Waals surface area contributed by atoms with Crippen LogP contribution in [0.5, 0.6) is 0 Å². The van der Waals surface area contributed by atoms with Crippen molar-refractivity contribution in [3.63, 3.8) is 0 Å². The van der Waals surface area contributed by atoms with E-state index in [9.17, 15) is 4.79 Å². The van der Waals surface area contributed by atoms with Gasteiger partial charge in [0.2, 0.25) is 5.91 Å². The summed E-state index contributed by atoms with van der Waals surface area (Å²) in [5, 5.41) is 0. The van der Waals surface area contributed by atoms with E-state index in [1.807, 2.05) is 0 Å². The Morgan fingerprint density at radius 2 is 2.50 bits per heavy atom. The molecule has 0 spiro atoms. The Labute approximate surface area is 46.8 Å². The molecule has 0 unspecified atom stereocenters. The minimum atomic E-state index is -0.421. The number of hydrogen-bond acceptors (Lipinski definition) is 1. The van der Waals surface area contributed by atoms with Gasteiger partial charge in [-0.3, -0.25) is 4.79 Å². The van der Waals surface area contributed by atoms with Crippen molar-refractivity contribution in [2.75, 3.05) is 0 Å². The fourth-order valence-electron chi connectivity index (χ4n) is 0.0941. The first-order valence-electron chi connectivity index (χ1n) is 1.57. The van der Waals surface area contributed by atoms with Crippen LogP contribution >= 0.6 is 15.3 Å². The summed E-state index contributed by atoms with van der Waals surface area (Å²) in [5.41, 5.74) is 0. The molecule has 0 rings (SSSR count). The highest BCUT2D eigenvalue weighted by Crippen LogP contribution is 1.64. The lowest BCUT2D eigenvalue weighted by Gasteiger charge is -1.86. The van der Waals surface area contributed by atoms with Crippen molar-refractivity contribution in [1.82, 2.24) is 4.98 Å². The third-order valence-electron chi connectivity index (χ3n) is 0.316. The first kappa shape index (κ1) is 6.17. The van der Waals surface area contributed by atoms with Crippen molar-refractivity contribution in [2.24, 2.45) is 0 Å². The Hall–Kier alpha value is 0.167. The molecule has 0 aromatic heterocycles. The molecule has 1 N–H and O–H groups in total. The molecule has 0 bridgehead atoms. The Bertz CT molecular complexity index is 57.5. The summed E-state index contributed by atoms with van der Waals surface area (Å²) in [4.78, 5) is 12.6. The second kappa shape index (κ2) is 3.36. The van der Waals surface area contributed by atoms with Gasteiger partial charge in [-0.05, 0) is 0 Å². The predicted molar refractivity (Wildman–Crippen MR) is 31.3 cm³/mol. The molecular formula is C2H6BrNOSi. The van der Waals surface area contributed by atoms with Crippen molar-refractivity contribution in [3.05, 3.63) is 0 Å². The molecule has 0 aromatic rings. The zero-order valence-corrected chi connectivity index (χ0v) is 6.49. The minimum Gasteiger partial charge on any atom is -0.378 e. The molecule has 0 atom stereocenters. The van der Waals surface area contributed by atoms with Crippen molar-refractivity contribution in [2.45, 2.75) is 6.92 Å². The summed E-state index contributed by atoms with van der Waals surface area (Å²) in [6, 6.07) is 0. The number of carbonyl (C=O) groups excluding carboxylic acids is 1. The van der Waals surface area contributed by atoms with Gasteiger partial charge in [0.15, 0.2) is 8.30 Å². The third kappa shape index (κ3) is 4.17. The molecule has 0 heterocycles. The Balaban J connectivity index is 2.83. The molecule has 0 saturated carbocycles. The summed E-state index contributed by atoms with van der Waals surface area (Å²) in [5.74, 6) is 0.0542. The molecule has 0 aliphatic rings. The van der Waals surface area contributed by atoms with Crippen molar-refractivity contribution in [1.29, 1.82) is 0 Å². The second-order valence-electron chi connectivity index (χ2n) is 0.867. The Morgan fingerprint density at radius 3 is 2.50 bits per heavy atom. The highest BCUT2D eigenvalue weighted by atomic mass is 79.9. The third-order valence-corrected chi connectivity index (χ3v) is 1.79. The van der Waals surface area contributed by atoms with Crippen LogP contribution in [0.1, 0.15) is 6.92 Å². The zero-order chi connectivity index (χ0) is 4.99. The van der Waals surface area contributed by atoms with Crippen molar-refractivity contribution >= 4 is 29.5 Å². The maximum Gasteiger partial charge on any atom is 0.209 e. The van der Waals surface area contributed by atoms with Crippen LogP contribution in [0.2, 0.25) is 0 Å². The molecular weight excluding hydrogens is 162 g/mol. The van der Waals surface area contributed by atoms with Crippen LogP contribution in [0.3, 0.4) is 0 Å². The van der Waals surface area contributed by atoms with Crippen LogP contribution in [0.15, 0.2) is 0 Å². The Kier molecular flexibility index (Phi) is 3.45. The summed E-state index contributed by atoms with van der Waals surface area (Å²) in [6.45, 7) is 1.51. The maximum atomic E-state index is 9.94. The normalized spacial score (nSPS) is 9.67. The molecule has 0 radical (unpaired) electrons. The van der Waals surface area contributed by atoms with E-state index in [1.165, 1.54) is 6.92 Å². The summed E-state index contributed by atoms with van der Waals surface area (Å²) < 4.78 is 0. The number of carbonyl (C=O) groups is 1. The van der Waals surface area contributed by atoms with Gasteiger partial charge >= 0.3 is 0 Å². The largest absolute Gasteiger partial charge is 0.378 e. The van der Waals surface area contributed by atoms with Gasteiger partial charge in [0.1, 0.15) is 0 Å². The lowest BCUT2D eigenvalue weighted by molar-refractivity contribution is -0.117. The molecule has 1 amide bonds. The van der Waals surface area contributed by atoms with Gasteiger partial charge in [-0.25, -0.2) is 0 Å². The number of halogens is 1. The van der Waals surface area contributed by atoms with Gasteiger partial charge < -0.3 is 4.98 Å². The lowest BCUT2D eigenvalue weighted by Crippen LogP contribution is -2.19. The van der Waals surface area contributed by atoms with Crippen LogP contribution in [0, 0.1) is 0 Å². The molecule has 0 aliphatic carbocycles. The quantitative estimate of drug-likeness (QED) is 0.415. The highest BCUT2D eigenvalue weighted by Gasteiger charge is 1.81. The standard InChI is InChI=1S/C2H6BrNOSi/c1-2(5)4-6-3/h6H2,1H3,(H,4,5). The Morgan fingerprint density at radius 1 is 2.00 bits per heavy atom. The fraction of sp³-hybridized carbons (Fsp3) is 0.500. The topological polar surface area (TPSA) is 29.1 Å². The molecule has 36 valence electrons. The molecule has 0 saturated heterocycles. The molecule has 6 heavy (non-hydrogen) atoms. The van der Waals surface area contributed by atoms with Crippen molar-refractivity contribution in [3.8, 4) is 0 Å². The summed E-state index contributed by atoms with van der Waals surface area (Å²) in [6.07, 6.45) is 0. The van der Waals surface area contributed by atoms with E-state index >= 15 is 0 Å². The first-order valence-corrected chi connectivity index (χ1v) is 6.18. The van der Waals surface area contributed by atoms with E-state index < -0.39 is 8.30 Å². The SMILES string of the molecule is CC(=O)N[SiH2]Br. The first-order chi connectivity index (χ1) is 2.77. The van der Waals surface area contributed by atoms with E-state index in [2.05, 4.69) is 20.3 Å². The van der Waals surface area contributed by atoms with Gasteiger partial charge in [0.25, 0.3) is 0 Å². The number of rotatable bonds is 1. The van der Waals surface area contributed by atoms with Gasteiger partial charge in [-0.15, -0.1) is 15.3 Å². The van der Waals surface area contributed by atoms with E-state index in [0.717, 1.165) is 0 Å². The number of hydrogen-bond donors (Lipinski definition) is 1. The fourth-order valence-corrected chi connectivity index (χ4v) is 1.47. The average molecular weight is 168 g/mol. The van der Waals surface area contributed by atoms with E-state index in [4.69, 9.17) is 0 Å². The van der Waals surface area contributed by atoms with Gasteiger partial charge in [-0.2, -0.15) is 0 Å². The molecule has 0 fully saturated rings. The molecule has 4 heteroatoms. The smallest absolute Gasteiger partial charge is 0.209 e. The van der Waals surface area contributed by atoms with E-state index in [1.54, 1.807) is 0 Å². The van der Waals surface area contributed by atoms with Crippen LogP contribution in [-0.4, -0.2) is 14.2 Å². The highest BCUT2D eigenvalue weighted by molar-refractivity contribution is 9.23. The monoisotopic (exact) mass is 167 g/mol. The zero-order valence-electron chi connectivity index (χ0n) is 3.49. The van der Waals surface area contributed by atoms with Crippen LogP contribution in [0.25, 0.3) is 0 Å². The van der Waals surface area contributed by atoms with Gasteiger partial charge in [0.05, 0.1) is 0 Å². The van der Waals surface area contributed by atoms with E-state index in [0.29, 0.717) is 0 Å². The minimum absolute atomic E-state index is 0.0542.